The molecule has 1 heterocycles. The van der Waals surface area contributed by atoms with E-state index in [0.717, 1.165) is 9.13 Å². The molecule has 1 aliphatic heterocycles. The molecule has 0 aromatic heterocycles. The lowest BCUT2D eigenvalue weighted by Crippen LogP contribution is -2.90. The van der Waals surface area contributed by atoms with Gasteiger partial charge in [0.05, 0.1) is 12.1 Å². The number of nitrogens with two attached hydrogens (primary N) is 1. The molecule has 0 saturated carbocycles. The second kappa shape index (κ2) is 6.58. The number of carbonyl (C=O) groups is 2. The molecule has 22 heavy (non-hydrogen) atoms. The Morgan fingerprint density at radius 1 is 1.05 bits per heavy atom. The maximum absolute atomic E-state index is 12.5. The number of hydrogen-bond donors (Lipinski definition) is 1. The van der Waals surface area contributed by atoms with Crippen LogP contribution in [0.5, 0.6) is 0 Å². The number of halogens is 1. The molecule has 112 valence electrons. The number of rotatable bonds is 4. The van der Waals surface area contributed by atoms with Crippen LogP contribution in [0.15, 0.2) is 54.6 Å². The molecule has 0 aliphatic carbocycles. The molecule has 0 unspecified atom stereocenters. The Kier molecular flexibility index (Phi) is 4.54. The number of amides is 2. The highest BCUT2D eigenvalue weighted by Gasteiger charge is 2.42. The molecule has 0 spiro atoms. The van der Waals surface area contributed by atoms with E-state index in [0.29, 0.717) is 12.2 Å². The molecule has 1 saturated heterocycles. The van der Waals surface area contributed by atoms with Gasteiger partial charge < -0.3 is 5.32 Å². The molecule has 2 aromatic rings. The molecule has 2 aromatic carbocycles. The van der Waals surface area contributed by atoms with Crippen molar-refractivity contribution in [2.24, 2.45) is 0 Å². The fraction of sp³-hybridized carbons (Fsp3) is 0.176. The van der Waals surface area contributed by atoms with Crippen molar-refractivity contribution in [1.29, 1.82) is 0 Å². The van der Waals surface area contributed by atoms with E-state index in [1.807, 2.05) is 59.9 Å². The minimum atomic E-state index is -0.327. The zero-order valence-corrected chi connectivity index (χ0v) is 14.1. The van der Waals surface area contributed by atoms with Crippen molar-refractivity contribution in [3.8, 4) is 0 Å². The second-order valence-electron chi connectivity index (χ2n) is 5.28. The van der Waals surface area contributed by atoms with Gasteiger partial charge in [0.1, 0.15) is 6.54 Å². The number of anilines is 1. The van der Waals surface area contributed by atoms with E-state index in [9.17, 15) is 9.59 Å². The Bertz CT molecular complexity index is 686. The smallest absolute Gasteiger partial charge is 0.292 e. The summed E-state index contributed by atoms with van der Waals surface area (Å²) < 4.78 is 1.08. The third kappa shape index (κ3) is 3.20. The topological polar surface area (TPSA) is 54.0 Å². The van der Waals surface area contributed by atoms with E-state index in [4.69, 9.17) is 0 Å². The van der Waals surface area contributed by atoms with Gasteiger partial charge in [-0.05, 0) is 46.9 Å². The van der Waals surface area contributed by atoms with Crippen LogP contribution in [-0.4, -0.2) is 17.9 Å². The lowest BCUT2D eigenvalue weighted by Gasteiger charge is -2.14. The monoisotopic (exact) mass is 407 g/mol. The number of imide groups is 1. The van der Waals surface area contributed by atoms with Gasteiger partial charge in [0.15, 0.2) is 6.04 Å². The van der Waals surface area contributed by atoms with Gasteiger partial charge in [0, 0.05) is 9.13 Å². The third-order valence-corrected chi connectivity index (χ3v) is 4.47. The summed E-state index contributed by atoms with van der Waals surface area (Å²) in [6.45, 7) is 0.699. The summed E-state index contributed by atoms with van der Waals surface area (Å²) in [5.41, 5.74) is 1.81. The van der Waals surface area contributed by atoms with Gasteiger partial charge in [0.25, 0.3) is 5.91 Å². The largest absolute Gasteiger partial charge is 0.332 e. The SMILES string of the molecule is O=C1C[C@@H]([NH2+]Cc2ccccc2)C(=O)N1c1ccc(I)cc1. The number of quaternary nitrogens is 1. The molecule has 4 nitrogen and oxygen atoms in total. The highest BCUT2D eigenvalue weighted by Crippen LogP contribution is 2.22. The summed E-state index contributed by atoms with van der Waals surface area (Å²) in [6, 6.07) is 17.1. The van der Waals surface area contributed by atoms with Gasteiger partial charge in [-0.15, -0.1) is 0 Å². The van der Waals surface area contributed by atoms with Crippen molar-refractivity contribution >= 4 is 40.1 Å². The molecule has 1 atom stereocenters. The summed E-state index contributed by atoms with van der Waals surface area (Å²) in [7, 11) is 0. The molecule has 0 radical (unpaired) electrons. The van der Waals surface area contributed by atoms with Crippen LogP contribution >= 0.6 is 22.6 Å². The number of hydrogen-bond acceptors (Lipinski definition) is 2. The maximum Gasteiger partial charge on any atom is 0.292 e. The van der Waals surface area contributed by atoms with Crippen LogP contribution in [0.25, 0.3) is 0 Å². The van der Waals surface area contributed by atoms with Crippen molar-refractivity contribution in [3.63, 3.8) is 0 Å². The molecular weight excluding hydrogens is 391 g/mol. The van der Waals surface area contributed by atoms with Crippen molar-refractivity contribution < 1.29 is 14.9 Å². The standard InChI is InChI=1S/C17H15IN2O2/c18-13-6-8-14(9-7-13)20-16(21)10-15(17(20)22)19-11-12-4-2-1-3-5-12/h1-9,15,19H,10-11H2/p+1/t15-/m1/s1. The Balaban J connectivity index is 1.70. The van der Waals surface area contributed by atoms with Crippen LogP contribution in [0.2, 0.25) is 0 Å². The Morgan fingerprint density at radius 2 is 1.73 bits per heavy atom. The Hall–Kier alpha value is -1.73. The molecule has 0 bridgehead atoms. The maximum atomic E-state index is 12.5. The fourth-order valence-electron chi connectivity index (χ4n) is 2.59. The predicted octanol–water partition coefficient (Wildman–Crippen LogP) is 1.69. The van der Waals surface area contributed by atoms with E-state index >= 15 is 0 Å². The quantitative estimate of drug-likeness (QED) is 0.620. The van der Waals surface area contributed by atoms with Crippen LogP contribution in [-0.2, 0) is 16.1 Å². The van der Waals surface area contributed by atoms with Gasteiger partial charge in [-0.3, -0.25) is 9.59 Å². The van der Waals surface area contributed by atoms with E-state index in [1.165, 1.54) is 4.90 Å². The van der Waals surface area contributed by atoms with Gasteiger partial charge in [-0.2, -0.15) is 0 Å². The lowest BCUT2D eigenvalue weighted by molar-refractivity contribution is -0.690. The zero-order chi connectivity index (χ0) is 15.5. The number of carbonyl (C=O) groups excluding carboxylic acids is 2. The van der Waals surface area contributed by atoms with E-state index in [2.05, 4.69) is 22.6 Å². The first kappa shape index (κ1) is 15.2. The van der Waals surface area contributed by atoms with E-state index in [1.54, 1.807) is 0 Å². The molecule has 1 fully saturated rings. The fourth-order valence-corrected chi connectivity index (χ4v) is 2.95. The Labute approximate surface area is 142 Å². The summed E-state index contributed by atoms with van der Waals surface area (Å²) in [4.78, 5) is 26.0. The van der Waals surface area contributed by atoms with Gasteiger partial charge >= 0.3 is 0 Å². The normalized spacial score (nSPS) is 18.0. The first-order chi connectivity index (χ1) is 10.6. The molecule has 3 rings (SSSR count). The van der Waals surface area contributed by atoms with Crippen LogP contribution < -0.4 is 10.2 Å². The van der Waals surface area contributed by atoms with E-state index in [-0.39, 0.29) is 24.3 Å². The molecular formula is C17H16IN2O2+. The predicted molar refractivity (Wildman–Crippen MR) is 92.1 cm³/mol. The second-order valence-corrected chi connectivity index (χ2v) is 6.53. The summed E-state index contributed by atoms with van der Waals surface area (Å²) >= 11 is 2.20. The van der Waals surface area contributed by atoms with E-state index < -0.39 is 0 Å². The van der Waals surface area contributed by atoms with Gasteiger partial charge in [-0.1, -0.05) is 30.3 Å². The summed E-state index contributed by atoms with van der Waals surface area (Å²) in [6.07, 6.45) is 0.262. The molecule has 2 N–H and O–H groups in total. The van der Waals surface area contributed by atoms with Crippen LogP contribution in [0.3, 0.4) is 0 Å². The van der Waals surface area contributed by atoms with Crippen molar-refractivity contribution in [2.75, 3.05) is 4.90 Å². The van der Waals surface area contributed by atoms with Gasteiger partial charge in [-0.25, -0.2) is 4.90 Å². The van der Waals surface area contributed by atoms with Gasteiger partial charge in [0.2, 0.25) is 5.91 Å². The molecule has 1 aliphatic rings. The zero-order valence-electron chi connectivity index (χ0n) is 11.9. The summed E-state index contributed by atoms with van der Waals surface area (Å²) in [5.74, 6) is -0.248. The minimum absolute atomic E-state index is 0.123. The first-order valence-corrected chi connectivity index (χ1v) is 8.22. The first-order valence-electron chi connectivity index (χ1n) is 7.15. The van der Waals surface area contributed by atoms with Crippen LogP contribution in [0.1, 0.15) is 12.0 Å². The summed E-state index contributed by atoms with van der Waals surface area (Å²) in [5, 5.41) is 1.95. The number of nitrogens with zero attached hydrogens (tertiary/aromatic N) is 1. The van der Waals surface area contributed by atoms with Crippen molar-refractivity contribution in [2.45, 2.75) is 19.0 Å². The number of benzene rings is 2. The lowest BCUT2D eigenvalue weighted by atomic mass is 10.2. The molecule has 2 amide bonds. The van der Waals surface area contributed by atoms with Crippen LogP contribution in [0, 0.1) is 3.57 Å². The Morgan fingerprint density at radius 3 is 2.41 bits per heavy atom. The highest BCUT2D eigenvalue weighted by atomic mass is 127. The highest BCUT2D eigenvalue weighted by molar-refractivity contribution is 14.1. The average Bonchev–Trinajstić information content (AvgIpc) is 2.82. The average molecular weight is 407 g/mol. The molecule has 5 heteroatoms. The van der Waals surface area contributed by atoms with Crippen molar-refractivity contribution in [1.82, 2.24) is 0 Å². The third-order valence-electron chi connectivity index (χ3n) is 3.75. The van der Waals surface area contributed by atoms with Crippen LogP contribution in [0.4, 0.5) is 5.69 Å². The minimum Gasteiger partial charge on any atom is -0.332 e. The van der Waals surface area contributed by atoms with Crippen molar-refractivity contribution in [3.05, 3.63) is 63.7 Å².